The summed E-state index contributed by atoms with van der Waals surface area (Å²) in [5, 5.41) is 2.85. The van der Waals surface area contributed by atoms with Gasteiger partial charge in [0.2, 0.25) is 21.8 Å². The van der Waals surface area contributed by atoms with Crippen molar-refractivity contribution in [1.29, 1.82) is 0 Å². The third-order valence-corrected chi connectivity index (χ3v) is 7.67. The third kappa shape index (κ3) is 8.10. The van der Waals surface area contributed by atoms with Crippen LogP contribution < -0.4 is 19.1 Å². The van der Waals surface area contributed by atoms with Crippen molar-refractivity contribution in [2.75, 3.05) is 36.9 Å². The zero-order valence-corrected chi connectivity index (χ0v) is 23.8. The van der Waals surface area contributed by atoms with E-state index < -0.39 is 16.1 Å². The molecule has 9 nitrogen and oxygen atoms in total. The summed E-state index contributed by atoms with van der Waals surface area (Å²) >= 11 is 3.41. The standard InChI is InChI=1S/C26H34BrN3O6S/c1-4-13-28-26(32)19(2)29(18-20-7-9-21(27)10-8-20)25(31)6-5-14-30(37(3,33)34)22-11-12-23-24(17-22)36-16-15-35-23/h7-12,17,19H,4-6,13-16,18H2,1-3H3,(H,28,32). The van der Waals surface area contributed by atoms with Gasteiger partial charge in [0.05, 0.1) is 11.9 Å². The number of carbonyl (C=O) groups is 2. The molecule has 1 atom stereocenters. The molecule has 0 radical (unpaired) electrons. The summed E-state index contributed by atoms with van der Waals surface area (Å²) in [7, 11) is -3.61. The molecule has 0 bridgehead atoms. The van der Waals surface area contributed by atoms with Crippen molar-refractivity contribution in [3.63, 3.8) is 0 Å². The summed E-state index contributed by atoms with van der Waals surface area (Å²) in [6, 6.07) is 11.9. The maximum atomic E-state index is 13.3. The Morgan fingerprint density at radius 2 is 1.76 bits per heavy atom. The average Bonchev–Trinajstić information content (AvgIpc) is 2.87. The molecule has 0 spiro atoms. The van der Waals surface area contributed by atoms with Crippen molar-refractivity contribution in [2.24, 2.45) is 0 Å². The van der Waals surface area contributed by atoms with Gasteiger partial charge in [0, 0.05) is 36.6 Å². The normalized spacial score (nSPS) is 13.5. The monoisotopic (exact) mass is 595 g/mol. The van der Waals surface area contributed by atoms with Crippen LogP contribution in [-0.2, 0) is 26.2 Å². The second kappa shape index (κ2) is 13.1. The zero-order valence-electron chi connectivity index (χ0n) is 21.4. The highest BCUT2D eigenvalue weighted by atomic mass is 79.9. The van der Waals surface area contributed by atoms with Crippen LogP contribution >= 0.6 is 15.9 Å². The first kappa shape index (κ1) is 28.8. The Morgan fingerprint density at radius 1 is 1.08 bits per heavy atom. The molecule has 0 fully saturated rings. The van der Waals surface area contributed by atoms with Crippen LogP contribution in [0.25, 0.3) is 0 Å². The Hall–Kier alpha value is -2.79. The Morgan fingerprint density at radius 3 is 2.41 bits per heavy atom. The molecular formula is C26H34BrN3O6S. The molecule has 2 aromatic carbocycles. The number of anilines is 1. The van der Waals surface area contributed by atoms with Gasteiger partial charge in [-0.2, -0.15) is 0 Å². The lowest BCUT2D eigenvalue weighted by Crippen LogP contribution is -2.47. The predicted octanol–water partition coefficient (Wildman–Crippen LogP) is 3.71. The topological polar surface area (TPSA) is 105 Å². The van der Waals surface area contributed by atoms with Crippen LogP contribution in [0.2, 0.25) is 0 Å². The van der Waals surface area contributed by atoms with E-state index in [0.717, 1.165) is 22.7 Å². The van der Waals surface area contributed by atoms with E-state index in [4.69, 9.17) is 9.47 Å². The maximum Gasteiger partial charge on any atom is 0.242 e. The van der Waals surface area contributed by atoms with E-state index in [-0.39, 0.29) is 37.7 Å². The quantitative estimate of drug-likeness (QED) is 0.401. The minimum atomic E-state index is -3.61. The smallest absolute Gasteiger partial charge is 0.242 e. The van der Waals surface area contributed by atoms with E-state index in [1.165, 1.54) is 4.31 Å². The molecule has 202 valence electrons. The van der Waals surface area contributed by atoms with E-state index in [2.05, 4.69) is 21.2 Å². The molecule has 1 unspecified atom stereocenters. The van der Waals surface area contributed by atoms with Gasteiger partial charge >= 0.3 is 0 Å². The van der Waals surface area contributed by atoms with Crippen LogP contribution in [0.5, 0.6) is 11.5 Å². The number of halogens is 1. The van der Waals surface area contributed by atoms with Crippen molar-refractivity contribution in [3.05, 3.63) is 52.5 Å². The van der Waals surface area contributed by atoms with Gasteiger partial charge in [0.15, 0.2) is 11.5 Å². The molecular weight excluding hydrogens is 562 g/mol. The van der Waals surface area contributed by atoms with Crippen molar-refractivity contribution < 1.29 is 27.5 Å². The number of amides is 2. The van der Waals surface area contributed by atoms with Gasteiger partial charge in [-0.3, -0.25) is 13.9 Å². The number of sulfonamides is 1. The lowest BCUT2D eigenvalue weighted by Gasteiger charge is -2.29. The maximum absolute atomic E-state index is 13.3. The SMILES string of the molecule is CCCNC(=O)C(C)N(Cc1ccc(Br)cc1)C(=O)CCCN(c1ccc2c(c1)OCCO2)S(C)(=O)=O. The van der Waals surface area contributed by atoms with Crippen molar-refractivity contribution in [2.45, 2.75) is 45.7 Å². The number of hydrogen-bond acceptors (Lipinski definition) is 6. The van der Waals surface area contributed by atoms with E-state index >= 15 is 0 Å². The van der Waals surface area contributed by atoms with Gasteiger partial charge < -0.3 is 19.7 Å². The van der Waals surface area contributed by atoms with Crippen LogP contribution in [0.3, 0.4) is 0 Å². The highest BCUT2D eigenvalue weighted by Gasteiger charge is 2.27. The summed E-state index contributed by atoms with van der Waals surface area (Å²) in [4.78, 5) is 27.6. The summed E-state index contributed by atoms with van der Waals surface area (Å²) in [5.74, 6) is 0.609. The molecule has 2 amide bonds. The Kier molecular flexibility index (Phi) is 10.2. The highest BCUT2D eigenvalue weighted by molar-refractivity contribution is 9.10. The number of nitrogens with one attached hydrogen (secondary N) is 1. The summed E-state index contributed by atoms with van der Waals surface area (Å²) in [6.07, 6.45) is 2.28. The van der Waals surface area contributed by atoms with Crippen LogP contribution in [0.1, 0.15) is 38.7 Å². The van der Waals surface area contributed by atoms with Crippen LogP contribution in [-0.4, -0.2) is 63.7 Å². The fourth-order valence-corrected chi connectivity index (χ4v) is 5.18. The van der Waals surface area contributed by atoms with Crippen molar-refractivity contribution >= 4 is 43.5 Å². The van der Waals surface area contributed by atoms with Gasteiger partial charge in [-0.25, -0.2) is 8.42 Å². The van der Waals surface area contributed by atoms with E-state index in [9.17, 15) is 18.0 Å². The number of nitrogens with zero attached hydrogens (tertiary/aromatic N) is 2. The molecule has 37 heavy (non-hydrogen) atoms. The second-order valence-corrected chi connectivity index (χ2v) is 11.7. The summed E-state index contributed by atoms with van der Waals surface area (Å²) in [5.41, 5.74) is 1.33. The first-order valence-corrected chi connectivity index (χ1v) is 14.9. The van der Waals surface area contributed by atoms with Gasteiger partial charge in [-0.15, -0.1) is 0 Å². The van der Waals surface area contributed by atoms with Crippen molar-refractivity contribution in [3.8, 4) is 11.5 Å². The lowest BCUT2D eigenvalue weighted by atomic mass is 10.1. The molecule has 0 aromatic heterocycles. The summed E-state index contributed by atoms with van der Waals surface area (Å²) in [6.45, 7) is 5.41. The molecule has 1 N–H and O–H groups in total. The first-order chi connectivity index (χ1) is 17.6. The van der Waals surface area contributed by atoms with Crippen LogP contribution in [0.15, 0.2) is 46.9 Å². The number of hydrogen-bond donors (Lipinski definition) is 1. The average molecular weight is 597 g/mol. The molecule has 2 aromatic rings. The fraction of sp³-hybridized carbons (Fsp3) is 0.462. The number of ether oxygens (including phenoxy) is 2. The Bertz CT molecular complexity index is 1190. The minimum absolute atomic E-state index is 0.0818. The highest BCUT2D eigenvalue weighted by Crippen LogP contribution is 2.34. The van der Waals surface area contributed by atoms with E-state index in [0.29, 0.717) is 36.9 Å². The van der Waals surface area contributed by atoms with Crippen LogP contribution in [0, 0.1) is 0 Å². The number of benzene rings is 2. The zero-order chi connectivity index (χ0) is 27.0. The Balaban J connectivity index is 1.72. The molecule has 3 rings (SSSR count). The molecule has 0 aliphatic carbocycles. The van der Waals surface area contributed by atoms with Gasteiger partial charge in [0.1, 0.15) is 19.3 Å². The molecule has 11 heteroatoms. The number of carbonyl (C=O) groups excluding carboxylic acids is 2. The fourth-order valence-electron chi connectivity index (χ4n) is 3.96. The molecule has 1 heterocycles. The largest absolute Gasteiger partial charge is 0.486 e. The second-order valence-electron chi connectivity index (χ2n) is 8.88. The van der Waals surface area contributed by atoms with E-state index in [1.54, 1.807) is 30.0 Å². The van der Waals surface area contributed by atoms with Gasteiger partial charge in [0.25, 0.3) is 0 Å². The Labute approximate surface area is 227 Å². The minimum Gasteiger partial charge on any atom is -0.486 e. The lowest BCUT2D eigenvalue weighted by molar-refractivity contribution is -0.140. The van der Waals surface area contributed by atoms with Crippen LogP contribution in [0.4, 0.5) is 5.69 Å². The number of rotatable bonds is 12. The third-order valence-electron chi connectivity index (χ3n) is 5.95. The predicted molar refractivity (Wildman–Crippen MR) is 146 cm³/mol. The molecule has 1 aliphatic rings. The van der Waals surface area contributed by atoms with E-state index in [1.807, 2.05) is 31.2 Å². The first-order valence-electron chi connectivity index (χ1n) is 12.3. The van der Waals surface area contributed by atoms with Gasteiger partial charge in [-0.1, -0.05) is 35.0 Å². The molecule has 0 saturated heterocycles. The molecule has 0 saturated carbocycles. The summed E-state index contributed by atoms with van der Waals surface area (Å²) < 4.78 is 38.5. The number of fused-ring (bicyclic) bond motifs is 1. The molecule has 1 aliphatic heterocycles. The van der Waals surface area contributed by atoms with Crippen molar-refractivity contribution in [1.82, 2.24) is 10.2 Å². The van der Waals surface area contributed by atoms with Gasteiger partial charge in [-0.05, 0) is 49.6 Å².